The van der Waals surface area contributed by atoms with Crippen molar-refractivity contribution in [1.82, 2.24) is 9.88 Å². The lowest BCUT2D eigenvalue weighted by atomic mass is 9.74. The molecule has 38 heavy (non-hydrogen) atoms. The van der Waals surface area contributed by atoms with Crippen molar-refractivity contribution in [2.24, 2.45) is 5.41 Å². The van der Waals surface area contributed by atoms with E-state index in [1.165, 1.54) is 7.11 Å². The van der Waals surface area contributed by atoms with Gasteiger partial charge in [0.1, 0.15) is 29.0 Å². The average molecular weight is 531 g/mol. The number of hydrogen-bond acceptors (Lipinski definition) is 5. The third-order valence-corrected chi connectivity index (χ3v) is 7.09. The molecule has 0 amide bonds. The smallest absolute Gasteiger partial charge is 0.309 e. The molecular weight excluding hydrogens is 504 g/mol. The zero-order valence-corrected chi connectivity index (χ0v) is 20.6. The van der Waals surface area contributed by atoms with Gasteiger partial charge in [-0.15, -0.1) is 0 Å². The largest absolute Gasteiger partial charge is 0.497 e. The summed E-state index contributed by atoms with van der Waals surface area (Å²) in [5, 5.41) is 21.3. The summed E-state index contributed by atoms with van der Waals surface area (Å²) < 4.78 is 60.5. The van der Waals surface area contributed by atoms with Crippen molar-refractivity contribution in [3.8, 4) is 17.6 Å². The van der Waals surface area contributed by atoms with Crippen molar-refractivity contribution in [3.05, 3.63) is 70.9 Å². The first kappa shape index (κ1) is 27.4. The number of aliphatic hydroxyl groups excluding tert-OH is 1. The fourth-order valence-electron chi connectivity index (χ4n) is 4.80. The van der Waals surface area contributed by atoms with E-state index < -0.39 is 46.3 Å². The quantitative estimate of drug-likeness (QED) is 0.336. The molecule has 200 valence electrons. The molecule has 0 saturated carbocycles. The molecule has 2 heterocycles. The summed E-state index contributed by atoms with van der Waals surface area (Å²) in [5.41, 5.74) is -1.13. The predicted molar refractivity (Wildman–Crippen MR) is 131 cm³/mol. The molecule has 2 aromatic carbocycles. The van der Waals surface area contributed by atoms with Crippen LogP contribution in [0, 0.1) is 40.5 Å². The van der Waals surface area contributed by atoms with Crippen molar-refractivity contribution in [2.45, 2.75) is 31.8 Å². The number of fused-ring (bicyclic) bond motifs is 1. The zero-order chi connectivity index (χ0) is 27.4. The van der Waals surface area contributed by atoms with Crippen molar-refractivity contribution < 1.29 is 37.3 Å². The average Bonchev–Trinajstić information content (AvgIpc) is 2.89. The van der Waals surface area contributed by atoms with Crippen LogP contribution in [0.25, 0.3) is 10.9 Å². The summed E-state index contributed by atoms with van der Waals surface area (Å²) >= 11 is 0. The van der Waals surface area contributed by atoms with E-state index in [0.29, 0.717) is 41.9 Å². The number of ether oxygens (including phenoxy) is 1. The van der Waals surface area contributed by atoms with Gasteiger partial charge in [-0.25, -0.2) is 17.6 Å². The number of carboxylic acid groups (broad SMARTS) is 1. The molecule has 0 unspecified atom stereocenters. The first-order chi connectivity index (χ1) is 18.1. The Hall–Kier alpha value is -3.68. The number of aliphatic hydroxyl groups is 1. The Morgan fingerprint density at radius 2 is 1.82 bits per heavy atom. The summed E-state index contributed by atoms with van der Waals surface area (Å²) in [5.74, 6) is 0.607. The number of aliphatic carboxylic acids is 1. The molecule has 1 aliphatic rings. The lowest BCUT2D eigenvalue weighted by molar-refractivity contribution is -0.153. The van der Waals surface area contributed by atoms with E-state index in [-0.39, 0.29) is 37.8 Å². The van der Waals surface area contributed by atoms with Crippen LogP contribution in [-0.4, -0.2) is 52.8 Å². The fourth-order valence-corrected chi connectivity index (χ4v) is 4.80. The molecule has 1 aliphatic heterocycles. The molecule has 0 spiro atoms. The monoisotopic (exact) mass is 530 g/mol. The molecule has 0 bridgehead atoms. The van der Waals surface area contributed by atoms with Crippen LogP contribution in [0.15, 0.2) is 36.5 Å². The Balaban J connectivity index is 1.42. The molecule has 1 fully saturated rings. The number of rotatable bonds is 7. The minimum absolute atomic E-state index is 0.0163. The van der Waals surface area contributed by atoms with Gasteiger partial charge in [0.2, 0.25) is 0 Å². The second kappa shape index (κ2) is 11.4. The maximum Gasteiger partial charge on any atom is 0.309 e. The van der Waals surface area contributed by atoms with Crippen molar-refractivity contribution in [3.63, 3.8) is 0 Å². The number of aromatic nitrogens is 1. The van der Waals surface area contributed by atoms with Crippen LogP contribution in [0.3, 0.4) is 0 Å². The molecule has 0 aliphatic carbocycles. The lowest BCUT2D eigenvalue weighted by Crippen LogP contribution is -2.44. The fraction of sp³-hybridized carbons (Fsp3) is 0.357. The molecule has 3 aromatic rings. The van der Waals surface area contributed by atoms with Gasteiger partial charge in [-0.2, -0.15) is 0 Å². The summed E-state index contributed by atoms with van der Waals surface area (Å²) in [4.78, 5) is 18.2. The molecule has 1 atom stereocenters. The van der Waals surface area contributed by atoms with E-state index in [4.69, 9.17) is 4.74 Å². The molecular formula is C28H26F4N2O4. The van der Waals surface area contributed by atoms with Gasteiger partial charge < -0.3 is 14.9 Å². The van der Waals surface area contributed by atoms with Gasteiger partial charge in [0.25, 0.3) is 0 Å². The number of benzene rings is 2. The van der Waals surface area contributed by atoms with Crippen molar-refractivity contribution >= 4 is 16.9 Å². The van der Waals surface area contributed by atoms with Gasteiger partial charge in [-0.1, -0.05) is 11.8 Å². The highest BCUT2D eigenvalue weighted by Crippen LogP contribution is 2.40. The van der Waals surface area contributed by atoms with Crippen molar-refractivity contribution in [2.75, 3.05) is 26.7 Å². The van der Waals surface area contributed by atoms with E-state index in [0.717, 1.165) is 6.20 Å². The van der Waals surface area contributed by atoms with Crippen LogP contribution in [-0.2, 0) is 4.79 Å². The van der Waals surface area contributed by atoms with Crippen LogP contribution in [0.5, 0.6) is 5.75 Å². The highest BCUT2D eigenvalue weighted by atomic mass is 19.1. The number of carbonyl (C=O) groups is 1. The van der Waals surface area contributed by atoms with Gasteiger partial charge >= 0.3 is 5.97 Å². The number of likely N-dealkylation sites (tertiary alicyclic amines) is 1. The van der Waals surface area contributed by atoms with E-state index in [1.807, 2.05) is 4.90 Å². The van der Waals surface area contributed by atoms with E-state index in [1.54, 1.807) is 18.2 Å². The Kier molecular flexibility index (Phi) is 8.19. The second-order valence-corrected chi connectivity index (χ2v) is 9.37. The molecule has 1 aromatic heterocycles. The highest BCUT2D eigenvalue weighted by molar-refractivity contribution is 5.84. The number of methoxy groups -OCH3 is 1. The maximum absolute atomic E-state index is 14.7. The number of carboxylic acids is 1. The minimum atomic E-state index is -1.26. The Bertz CT molecular complexity index is 1390. The third-order valence-electron chi connectivity index (χ3n) is 7.09. The number of pyridine rings is 1. The van der Waals surface area contributed by atoms with Gasteiger partial charge in [-0.05, 0) is 43.9 Å². The molecule has 4 rings (SSSR count). The Morgan fingerprint density at radius 1 is 1.13 bits per heavy atom. The minimum Gasteiger partial charge on any atom is -0.497 e. The molecule has 10 heteroatoms. The van der Waals surface area contributed by atoms with Crippen molar-refractivity contribution in [1.29, 1.82) is 0 Å². The second-order valence-electron chi connectivity index (χ2n) is 9.37. The van der Waals surface area contributed by atoms with E-state index in [2.05, 4.69) is 16.8 Å². The van der Waals surface area contributed by atoms with Crippen LogP contribution >= 0.6 is 0 Å². The van der Waals surface area contributed by atoms with Crippen LogP contribution in [0.1, 0.15) is 42.9 Å². The lowest BCUT2D eigenvalue weighted by Gasteiger charge is -2.38. The first-order valence-corrected chi connectivity index (χ1v) is 12.0. The predicted octanol–water partition coefficient (Wildman–Crippen LogP) is 4.83. The third kappa shape index (κ3) is 5.74. The Labute approximate surface area is 216 Å². The molecule has 1 saturated heterocycles. The van der Waals surface area contributed by atoms with Gasteiger partial charge in [0.15, 0.2) is 0 Å². The van der Waals surface area contributed by atoms with Gasteiger partial charge in [0, 0.05) is 36.2 Å². The van der Waals surface area contributed by atoms with Crippen LogP contribution in [0.4, 0.5) is 17.6 Å². The van der Waals surface area contributed by atoms with Gasteiger partial charge in [-0.3, -0.25) is 14.7 Å². The van der Waals surface area contributed by atoms with Crippen LogP contribution < -0.4 is 4.74 Å². The van der Waals surface area contributed by atoms with E-state index in [9.17, 15) is 32.6 Å². The molecule has 6 nitrogen and oxygen atoms in total. The Morgan fingerprint density at radius 3 is 2.45 bits per heavy atom. The molecule has 0 radical (unpaired) electrons. The summed E-state index contributed by atoms with van der Waals surface area (Å²) in [6.07, 6.45) is 0.411. The first-order valence-electron chi connectivity index (χ1n) is 12.0. The summed E-state index contributed by atoms with van der Waals surface area (Å²) in [7, 11) is 1.47. The SMILES string of the molecule is COc1ccc2ncc(F)c([C@H](O)CCC3(C(=O)O)CCN(CC#Cc4c(F)cc(F)cc4F)CC3)c2c1. The number of nitrogens with zero attached hydrogens (tertiary/aromatic N) is 2. The normalized spacial score (nSPS) is 16.1. The number of piperidine rings is 1. The summed E-state index contributed by atoms with van der Waals surface area (Å²) in [6.45, 7) is 0.856. The molecule has 2 N–H and O–H groups in total. The standard InChI is InChI=1S/C28H26F4N2O4/c1-38-18-4-5-24-20(15-18)26(23(32)16-33-24)25(35)6-7-28(27(36)37)8-11-34(12-9-28)10-2-3-19-21(30)13-17(29)14-22(19)31/h4-5,13-16,25,35H,6-12H2,1H3,(H,36,37)/t25-/m1/s1. The number of halogens is 4. The van der Waals surface area contributed by atoms with Gasteiger partial charge in [0.05, 0.1) is 42.5 Å². The van der Waals surface area contributed by atoms with E-state index >= 15 is 0 Å². The topological polar surface area (TPSA) is 82.9 Å². The summed E-state index contributed by atoms with van der Waals surface area (Å²) in [6, 6.07) is 6.02. The number of hydrogen-bond donors (Lipinski definition) is 2. The maximum atomic E-state index is 14.7. The highest BCUT2D eigenvalue weighted by Gasteiger charge is 2.41. The van der Waals surface area contributed by atoms with Crippen LogP contribution in [0.2, 0.25) is 0 Å². The zero-order valence-electron chi connectivity index (χ0n) is 20.6.